The first kappa shape index (κ1) is 17.2. The Kier molecular flexibility index (Phi) is 4.44. The van der Waals surface area contributed by atoms with Crippen molar-refractivity contribution in [3.05, 3.63) is 49.8 Å². The highest BCUT2D eigenvalue weighted by molar-refractivity contribution is 7.16. The maximum atomic E-state index is 12.8. The molecule has 2 N–H and O–H groups in total. The fourth-order valence-electron chi connectivity index (χ4n) is 3.48. The van der Waals surface area contributed by atoms with Crippen LogP contribution in [0.15, 0.2) is 18.2 Å². The Morgan fingerprint density at radius 2 is 2.08 bits per heavy atom. The summed E-state index contributed by atoms with van der Waals surface area (Å²) in [5, 5.41) is 8.35. The molecule has 0 saturated heterocycles. The van der Waals surface area contributed by atoms with Gasteiger partial charge in [-0.2, -0.15) is 0 Å². The maximum Gasteiger partial charge on any atom is 0.256 e. The molecule has 4 nitrogen and oxygen atoms in total. The Morgan fingerprint density at radius 3 is 2.84 bits per heavy atom. The van der Waals surface area contributed by atoms with Crippen LogP contribution in [0.5, 0.6) is 0 Å². The Bertz CT molecular complexity index is 849. The summed E-state index contributed by atoms with van der Waals surface area (Å²) in [5.41, 5.74) is 2.78. The van der Waals surface area contributed by atoms with E-state index in [4.69, 9.17) is 23.2 Å². The third kappa shape index (κ3) is 2.93. The Balaban J connectivity index is 1.68. The molecule has 1 amide bonds. The predicted octanol–water partition coefficient (Wildman–Crippen LogP) is 4.68. The van der Waals surface area contributed by atoms with Crippen LogP contribution >= 0.6 is 34.5 Å². The quantitative estimate of drug-likeness (QED) is 0.775. The third-order valence-corrected chi connectivity index (χ3v) is 6.87. The molecule has 0 spiro atoms. The largest absolute Gasteiger partial charge is 0.353 e. The highest BCUT2D eigenvalue weighted by atomic mass is 35.5. The van der Waals surface area contributed by atoms with Gasteiger partial charge in [0.2, 0.25) is 0 Å². The molecule has 0 radical (unpaired) electrons. The van der Waals surface area contributed by atoms with Crippen molar-refractivity contribution in [2.24, 2.45) is 0 Å². The predicted molar refractivity (Wildman–Crippen MR) is 104 cm³/mol. The molecule has 2 aliphatic rings. The summed E-state index contributed by atoms with van der Waals surface area (Å²) >= 11 is 14.1. The van der Waals surface area contributed by atoms with Crippen LogP contribution in [0.1, 0.15) is 46.4 Å². The van der Waals surface area contributed by atoms with Gasteiger partial charge in [-0.15, -0.1) is 11.3 Å². The topological polar surface area (TPSA) is 44.4 Å². The number of hydrogen-bond donors (Lipinski definition) is 2. The van der Waals surface area contributed by atoms with Crippen LogP contribution in [0, 0.1) is 0 Å². The molecule has 132 valence electrons. The van der Waals surface area contributed by atoms with Crippen LogP contribution in [0.2, 0.25) is 10.0 Å². The van der Waals surface area contributed by atoms with Gasteiger partial charge in [0, 0.05) is 29.6 Å². The van der Waals surface area contributed by atoms with Crippen molar-refractivity contribution >= 4 is 45.4 Å². The van der Waals surface area contributed by atoms with Crippen LogP contribution in [0.25, 0.3) is 0 Å². The number of anilines is 1. The van der Waals surface area contributed by atoms with E-state index in [9.17, 15) is 4.79 Å². The summed E-state index contributed by atoms with van der Waals surface area (Å²) in [6, 6.07) is 5.97. The fourth-order valence-corrected chi connectivity index (χ4v) is 5.19. The minimum absolute atomic E-state index is 0.0368. The van der Waals surface area contributed by atoms with Crippen molar-refractivity contribution in [1.82, 2.24) is 10.2 Å². The van der Waals surface area contributed by atoms with E-state index >= 15 is 0 Å². The van der Waals surface area contributed by atoms with Crippen molar-refractivity contribution in [2.45, 2.75) is 39.0 Å². The Hall–Kier alpha value is -1.27. The molecule has 1 atom stereocenters. The van der Waals surface area contributed by atoms with Gasteiger partial charge in [-0.3, -0.25) is 9.69 Å². The second kappa shape index (κ2) is 6.47. The van der Waals surface area contributed by atoms with E-state index in [0.29, 0.717) is 16.1 Å². The van der Waals surface area contributed by atoms with Crippen molar-refractivity contribution in [3.8, 4) is 0 Å². The molecule has 4 rings (SSSR count). The number of amides is 1. The van der Waals surface area contributed by atoms with E-state index < -0.39 is 0 Å². The maximum absolute atomic E-state index is 12.8. The number of thiophene rings is 1. The van der Waals surface area contributed by atoms with Crippen LogP contribution in [-0.2, 0) is 13.0 Å². The summed E-state index contributed by atoms with van der Waals surface area (Å²) in [5.74, 6) is -0.0368. The van der Waals surface area contributed by atoms with Gasteiger partial charge in [-0.05, 0) is 31.9 Å². The second-order valence-electron chi connectivity index (χ2n) is 6.72. The first-order chi connectivity index (χ1) is 12.0. The molecule has 0 bridgehead atoms. The minimum Gasteiger partial charge on any atom is -0.353 e. The van der Waals surface area contributed by atoms with E-state index in [1.54, 1.807) is 17.4 Å². The smallest absolute Gasteiger partial charge is 0.256 e. The van der Waals surface area contributed by atoms with Gasteiger partial charge in [0.25, 0.3) is 5.91 Å². The van der Waals surface area contributed by atoms with Crippen molar-refractivity contribution in [1.29, 1.82) is 0 Å². The molecule has 0 fully saturated rings. The van der Waals surface area contributed by atoms with E-state index in [2.05, 4.69) is 29.4 Å². The number of rotatable bonds is 2. The molecule has 7 heteroatoms. The number of benzene rings is 1. The second-order valence-corrected chi connectivity index (χ2v) is 8.61. The van der Waals surface area contributed by atoms with Crippen molar-refractivity contribution < 1.29 is 4.79 Å². The van der Waals surface area contributed by atoms with Crippen molar-refractivity contribution in [3.63, 3.8) is 0 Å². The molecule has 25 heavy (non-hydrogen) atoms. The van der Waals surface area contributed by atoms with Gasteiger partial charge >= 0.3 is 0 Å². The summed E-state index contributed by atoms with van der Waals surface area (Å²) in [6.45, 7) is 6.31. The van der Waals surface area contributed by atoms with E-state index in [-0.39, 0.29) is 12.1 Å². The van der Waals surface area contributed by atoms with Crippen molar-refractivity contribution in [2.75, 3.05) is 11.9 Å². The minimum atomic E-state index is -0.368. The number of carbonyl (C=O) groups is 1. The molecule has 2 aliphatic heterocycles. The fraction of sp³-hybridized carbons (Fsp3) is 0.389. The normalized spacial score (nSPS) is 20.0. The number of nitrogens with one attached hydrogen (secondary N) is 2. The van der Waals surface area contributed by atoms with Crippen LogP contribution < -0.4 is 10.6 Å². The lowest BCUT2D eigenvalue weighted by Gasteiger charge is -2.31. The molecule has 1 aromatic heterocycles. The van der Waals surface area contributed by atoms with Gasteiger partial charge in [0.15, 0.2) is 0 Å². The Labute approximate surface area is 161 Å². The summed E-state index contributed by atoms with van der Waals surface area (Å²) in [7, 11) is 0. The number of hydrogen-bond acceptors (Lipinski definition) is 4. The highest BCUT2D eigenvalue weighted by Gasteiger charge is 2.34. The zero-order chi connectivity index (χ0) is 17.7. The number of halogens is 2. The van der Waals surface area contributed by atoms with Gasteiger partial charge in [-0.25, -0.2) is 0 Å². The first-order valence-corrected chi connectivity index (χ1v) is 9.93. The summed E-state index contributed by atoms with van der Waals surface area (Å²) in [4.78, 5) is 16.5. The average Bonchev–Trinajstić information content (AvgIpc) is 2.95. The Morgan fingerprint density at radius 1 is 1.28 bits per heavy atom. The van der Waals surface area contributed by atoms with E-state index in [0.717, 1.165) is 35.6 Å². The van der Waals surface area contributed by atoms with Crippen LogP contribution in [-0.4, -0.2) is 23.4 Å². The molecule has 1 unspecified atom stereocenters. The SMILES string of the molecule is CC(C)N1CCc2c(sc3c2C(=O)NC(c2cccc(Cl)c2Cl)N3)C1. The molecule has 1 aromatic carbocycles. The van der Waals surface area contributed by atoms with Gasteiger partial charge in [0.1, 0.15) is 11.2 Å². The zero-order valence-corrected chi connectivity index (χ0v) is 16.4. The molecular weight excluding hydrogens is 377 g/mol. The van der Waals surface area contributed by atoms with E-state index in [1.165, 1.54) is 10.4 Å². The lowest BCUT2D eigenvalue weighted by atomic mass is 9.99. The molecule has 3 heterocycles. The number of carbonyl (C=O) groups excluding carboxylic acids is 1. The van der Waals surface area contributed by atoms with Crippen LogP contribution in [0.3, 0.4) is 0 Å². The third-order valence-electron chi connectivity index (χ3n) is 4.89. The van der Waals surface area contributed by atoms with Gasteiger partial charge in [0.05, 0.1) is 15.6 Å². The zero-order valence-electron chi connectivity index (χ0n) is 14.0. The molecule has 0 saturated carbocycles. The first-order valence-electron chi connectivity index (χ1n) is 8.35. The highest BCUT2D eigenvalue weighted by Crippen LogP contribution is 2.42. The molecular formula is C18H19Cl2N3OS. The van der Waals surface area contributed by atoms with E-state index in [1.807, 2.05) is 12.1 Å². The molecule has 0 aliphatic carbocycles. The van der Waals surface area contributed by atoms with Gasteiger partial charge < -0.3 is 10.6 Å². The van der Waals surface area contributed by atoms with Crippen LogP contribution in [0.4, 0.5) is 5.00 Å². The number of fused-ring (bicyclic) bond motifs is 3. The lowest BCUT2D eigenvalue weighted by molar-refractivity contribution is 0.0934. The summed E-state index contributed by atoms with van der Waals surface area (Å²) < 4.78 is 0. The molecule has 2 aromatic rings. The lowest BCUT2D eigenvalue weighted by Crippen LogP contribution is -2.39. The van der Waals surface area contributed by atoms with Gasteiger partial charge in [-0.1, -0.05) is 35.3 Å². The summed E-state index contributed by atoms with van der Waals surface area (Å²) in [6.07, 6.45) is 0.546. The number of nitrogens with zero attached hydrogens (tertiary/aromatic N) is 1. The monoisotopic (exact) mass is 395 g/mol. The standard InChI is InChI=1S/C18H19Cl2N3OS/c1-9(2)23-7-6-10-13(8-23)25-18-14(10)17(24)21-16(22-18)11-4-3-5-12(19)15(11)20/h3-5,9,16,22H,6-8H2,1-2H3,(H,21,24). The average molecular weight is 396 g/mol.